The molecular formula is C21H19F5N4O3. The molecule has 1 unspecified atom stereocenters. The lowest BCUT2D eigenvalue weighted by Crippen LogP contribution is -2.46. The van der Waals surface area contributed by atoms with Gasteiger partial charge in [-0.2, -0.15) is 17.6 Å². The number of amides is 1. The van der Waals surface area contributed by atoms with E-state index in [0.717, 1.165) is 20.1 Å². The number of H-pyrrole nitrogens is 1. The van der Waals surface area contributed by atoms with E-state index >= 15 is 0 Å². The number of nitrogens with zero attached hydrogens (tertiary/aromatic N) is 2. The molecule has 3 N–H and O–H groups in total. The summed E-state index contributed by atoms with van der Waals surface area (Å²) in [5.41, 5.74) is 3.05. The van der Waals surface area contributed by atoms with Crippen LogP contribution in [0.2, 0.25) is 0 Å². The molecule has 33 heavy (non-hydrogen) atoms. The van der Waals surface area contributed by atoms with E-state index < -0.39 is 53.0 Å². The van der Waals surface area contributed by atoms with E-state index in [1.54, 1.807) is 0 Å². The van der Waals surface area contributed by atoms with Crippen LogP contribution in [0, 0.1) is 17.6 Å². The van der Waals surface area contributed by atoms with E-state index in [9.17, 15) is 26.7 Å². The number of carbonyl (C=O) groups excluding carboxylic acids is 1. The summed E-state index contributed by atoms with van der Waals surface area (Å²) >= 11 is 0. The summed E-state index contributed by atoms with van der Waals surface area (Å²) in [7, 11) is 1.10. The second-order valence-electron chi connectivity index (χ2n) is 8.01. The molecule has 4 rings (SSSR count). The van der Waals surface area contributed by atoms with E-state index in [1.807, 2.05) is 0 Å². The van der Waals surface area contributed by atoms with E-state index in [-0.39, 0.29) is 22.6 Å². The molecule has 1 aromatic carbocycles. The Hall–Kier alpha value is -3.28. The van der Waals surface area contributed by atoms with Gasteiger partial charge in [0.05, 0.1) is 24.3 Å². The highest BCUT2D eigenvalue weighted by Gasteiger charge is 2.65. The predicted octanol–water partition coefficient (Wildman–Crippen LogP) is 4.16. The van der Waals surface area contributed by atoms with Crippen LogP contribution in [0.1, 0.15) is 47.7 Å². The van der Waals surface area contributed by atoms with Gasteiger partial charge in [0.1, 0.15) is 17.6 Å². The number of imidazole rings is 1. The van der Waals surface area contributed by atoms with E-state index in [4.69, 9.17) is 15.2 Å². The van der Waals surface area contributed by atoms with Crippen LogP contribution in [-0.4, -0.2) is 39.7 Å². The molecule has 0 aliphatic carbocycles. The molecule has 0 radical (unpaired) electrons. The second kappa shape index (κ2) is 7.65. The molecule has 0 spiro atoms. The van der Waals surface area contributed by atoms with Gasteiger partial charge in [-0.25, -0.2) is 14.4 Å². The number of rotatable bonds is 4. The van der Waals surface area contributed by atoms with E-state index in [1.165, 1.54) is 25.3 Å². The highest BCUT2D eigenvalue weighted by molar-refractivity contribution is 5.93. The Morgan fingerprint density at radius 2 is 2.00 bits per heavy atom. The number of nitrogens with one attached hydrogen (secondary N) is 1. The summed E-state index contributed by atoms with van der Waals surface area (Å²) in [6.07, 6.45) is -4.85. The first-order chi connectivity index (χ1) is 15.4. The first-order valence-electron chi connectivity index (χ1n) is 9.81. The van der Waals surface area contributed by atoms with Crippen LogP contribution >= 0.6 is 0 Å². The predicted molar refractivity (Wildman–Crippen MR) is 106 cm³/mol. The van der Waals surface area contributed by atoms with Crippen LogP contribution in [0.5, 0.6) is 5.75 Å². The topological polar surface area (TPSA) is 103 Å². The molecule has 1 amide bonds. The molecule has 3 heterocycles. The third-order valence-electron chi connectivity index (χ3n) is 6.22. The Bertz CT molecular complexity index is 1240. The number of aromatic nitrogens is 3. The minimum Gasteiger partial charge on any atom is -0.493 e. The van der Waals surface area contributed by atoms with Crippen molar-refractivity contribution in [3.8, 4) is 5.75 Å². The zero-order chi connectivity index (χ0) is 24.3. The smallest absolute Gasteiger partial charge is 0.417 e. The van der Waals surface area contributed by atoms with Crippen LogP contribution in [0.4, 0.5) is 22.0 Å². The number of hydrogen-bond acceptors (Lipinski definition) is 5. The fourth-order valence-corrected chi connectivity index (χ4v) is 4.25. The number of benzene rings is 1. The van der Waals surface area contributed by atoms with Crippen LogP contribution in [0.15, 0.2) is 24.4 Å². The maximum atomic E-state index is 14.4. The number of nitrogens with two attached hydrogens (primary N) is 1. The SMILES string of the molecule is COc1c(C2[C@H](c3nc4cc(C(N)=O)ncc4[nH]3)O[C@@](C)(C(F)(F)F)[C@H]2C)ccc(F)c1F. The monoisotopic (exact) mass is 470 g/mol. The van der Waals surface area contributed by atoms with E-state index in [2.05, 4.69) is 15.0 Å². The summed E-state index contributed by atoms with van der Waals surface area (Å²) in [6.45, 7) is 2.21. The number of hydrogen-bond donors (Lipinski definition) is 2. The average molecular weight is 470 g/mol. The van der Waals surface area contributed by atoms with Crippen LogP contribution in [0.3, 0.4) is 0 Å². The first-order valence-corrected chi connectivity index (χ1v) is 9.81. The van der Waals surface area contributed by atoms with Gasteiger partial charge in [-0.1, -0.05) is 13.0 Å². The van der Waals surface area contributed by atoms with Gasteiger partial charge in [0.25, 0.3) is 5.91 Å². The second-order valence-corrected chi connectivity index (χ2v) is 8.01. The number of halogens is 5. The molecule has 7 nitrogen and oxygen atoms in total. The molecule has 12 heteroatoms. The van der Waals surface area contributed by atoms with Crippen molar-refractivity contribution in [1.29, 1.82) is 0 Å². The molecule has 2 aromatic heterocycles. The fraction of sp³-hybridized carbons (Fsp3) is 0.381. The minimum atomic E-state index is -4.78. The molecule has 3 aromatic rings. The molecule has 4 atom stereocenters. The van der Waals surface area contributed by atoms with Gasteiger partial charge in [0.15, 0.2) is 17.2 Å². The summed E-state index contributed by atoms with van der Waals surface area (Å²) in [5.74, 6) is -6.21. The summed E-state index contributed by atoms with van der Waals surface area (Å²) in [5, 5.41) is 0. The Balaban J connectivity index is 1.91. The van der Waals surface area contributed by atoms with Crippen molar-refractivity contribution in [1.82, 2.24) is 15.0 Å². The lowest BCUT2D eigenvalue weighted by atomic mass is 9.77. The number of ether oxygens (including phenoxy) is 2. The molecule has 1 fully saturated rings. The maximum Gasteiger partial charge on any atom is 0.417 e. The lowest BCUT2D eigenvalue weighted by molar-refractivity contribution is -0.275. The molecule has 176 valence electrons. The van der Waals surface area contributed by atoms with Gasteiger partial charge in [-0.3, -0.25) is 4.79 Å². The van der Waals surface area contributed by atoms with Crippen molar-refractivity contribution in [3.63, 3.8) is 0 Å². The molecule has 0 saturated carbocycles. The molecule has 1 saturated heterocycles. The van der Waals surface area contributed by atoms with Crippen molar-refractivity contribution < 1.29 is 36.2 Å². The molecule has 0 bridgehead atoms. The van der Waals surface area contributed by atoms with Crippen molar-refractivity contribution in [2.75, 3.05) is 7.11 Å². The zero-order valence-electron chi connectivity index (χ0n) is 17.6. The van der Waals surface area contributed by atoms with Crippen molar-refractivity contribution >= 4 is 16.9 Å². The van der Waals surface area contributed by atoms with Crippen molar-refractivity contribution in [2.24, 2.45) is 11.7 Å². The summed E-state index contributed by atoms with van der Waals surface area (Å²) in [6, 6.07) is 3.28. The van der Waals surface area contributed by atoms with Gasteiger partial charge in [-0.05, 0) is 19.1 Å². The Morgan fingerprint density at radius 1 is 1.30 bits per heavy atom. The van der Waals surface area contributed by atoms with Crippen LogP contribution in [-0.2, 0) is 4.74 Å². The summed E-state index contributed by atoms with van der Waals surface area (Å²) in [4.78, 5) is 22.4. The molecule has 1 aliphatic heterocycles. The number of carbonyl (C=O) groups is 1. The number of primary amides is 1. The maximum absolute atomic E-state index is 14.4. The quantitative estimate of drug-likeness (QED) is 0.558. The summed E-state index contributed by atoms with van der Waals surface area (Å²) < 4.78 is 81.0. The fourth-order valence-electron chi connectivity index (χ4n) is 4.25. The highest BCUT2D eigenvalue weighted by atomic mass is 19.4. The normalized spacial score (nSPS) is 25.5. The van der Waals surface area contributed by atoms with Gasteiger partial charge in [0.2, 0.25) is 5.82 Å². The number of fused-ring (bicyclic) bond motifs is 1. The standard InChI is InChI=1S/C21H19F5N4O3/c1-8-14(9-4-5-10(22)15(23)16(9)32-3)17(33-20(8,2)21(24,25)26)19-29-11-6-12(18(27)31)28-7-13(11)30-19/h4-8,14,17H,1-3H3,(H2,27,31)(H,29,30)/t8-,14?,17+,20+/m0/s1. The Kier molecular flexibility index (Phi) is 5.31. The minimum absolute atomic E-state index is 0.00159. The third kappa shape index (κ3) is 3.48. The van der Waals surface area contributed by atoms with Crippen molar-refractivity contribution in [2.45, 2.75) is 37.6 Å². The van der Waals surface area contributed by atoms with Crippen LogP contribution in [0.25, 0.3) is 11.0 Å². The largest absolute Gasteiger partial charge is 0.493 e. The molecule has 1 aliphatic rings. The lowest BCUT2D eigenvalue weighted by Gasteiger charge is -2.32. The Labute approximate surface area is 184 Å². The third-order valence-corrected chi connectivity index (χ3v) is 6.22. The molecular weight excluding hydrogens is 451 g/mol. The number of aromatic amines is 1. The highest BCUT2D eigenvalue weighted by Crippen LogP contribution is 2.59. The van der Waals surface area contributed by atoms with E-state index in [0.29, 0.717) is 5.52 Å². The number of pyridine rings is 1. The van der Waals surface area contributed by atoms with Gasteiger partial charge in [-0.15, -0.1) is 0 Å². The number of methoxy groups -OCH3 is 1. The zero-order valence-corrected chi connectivity index (χ0v) is 17.6. The first kappa shape index (κ1) is 22.9. The van der Waals surface area contributed by atoms with Crippen molar-refractivity contribution in [3.05, 3.63) is 53.1 Å². The van der Waals surface area contributed by atoms with Gasteiger partial charge >= 0.3 is 6.18 Å². The Morgan fingerprint density at radius 3 is 2.61 bits per heavy atom. The average Bonchev–Trinajstić information content (AvgIpc) is 3.28. The number of alkyl halides is 3. The van der Waals surface area contributed by atoms with Gasteiger partial charge < -0.3 is 20.2 Å². The van der Waals surface area contributed by atoms with Crippen LogP contribution < -0.4 is 10.5 Å². The van der Waals surface area contributed by atoms with Gasteiger partial charge in [0, 0.05) is 17.4 Å².